The second-order valence-electron chi connectivity index (χ2n) is 5.07. The lowest BCUT2D eigenvalue weighted by molar-refractivity contribution is 0.462. The average Bonchev–Trinajstić information content (AvgIpc) is 2.65. The number of hydrogen-bond donors (Lipinski definition) is 1. The molecule has 1 saturated heterocycles. The van der Waals surface area contributed by atoms with Gasteiger partial charge in [0.05, 0.1) is 0 Å². The van der Waals surface area contributed by atoms with E-state index in [0.717, 1.165) is 32.1 Å². The quantitative estimate of drug-likeness (QED) is 0.837. The molecule has 0 spiro atoms. The average molecular weight is 222 g/mol. The summed E-state index contributed by atoms with van der Waals surface area (Å²) in [5, 5.41) is 3.46. The van der Waals surface area contributed by atoms with Crippen LogP contribution in [0.15, 0.2) is 12.4 Å². The minimum absolute atomic E-state index is 0.554. The summed E-state index contributed by atoms with van der Waals surface area (Å²) < 4.78 is 2.27. The van der Waals surface area contributed by atoms with Crippen LogP contribution in [0.25, 0.3) is 0 Å². The third-order valence-electron chi connectivity index (χ3n) is 2.91. The first-order chi connectivity index (χ1) is 7.66. The van der Waals surface area contributed by atoms with Crippen molar-refractivity contribution in [2.24, 2.45) is 5.92 Å². The van der Waals surface area contributed by atoms with Crippen LogP contribution in [0.4, 0.5) is 5.95 Å². The van der Waals surface area contributed by atoms with Gasteiger partial charge in [0, 0.05) is 44.6 Å². The summed E-state index contributed by atoms with van der Waals surface area (Å²) in [7, 11) is 0. The Labute approximate surface area is 97.7 Å². The Kier molecular flexibility index (Phi) is 3.49. The molecule has 0 aliphatic carbocycles. The van der Waals surface area contributed by atoms with Crippen molar-refractivity contribution in [2.45, 2.75) is 33.4 Å². The molecule has 0 saturated carbocycles. The molecule has 1 aliphatic rings. The summed E-state index contributed by atoms with van der Waals surface area (Å²) in [5.41, 5.74) is 0. The maximum absolute atomic E-state index is 4.49. The lowest BCUT2D eigenvalue weighted by Gasteiger charge is -2.33. The monoisotopic (exact) mass is 222 g/mol. The minimum atomic E-state index is 0.554. The molecule has 0 unspecified atom stereocenters. The molecule has 1 aromatic heterocycles. The van der Waals surface area contributed by atoms with Crippen molar-refractivity contribution < 1.29 is 0 Å². The molecule has 1 aromatic rings. The smallest absolute Gasteiger partial charge is 0.205 e. The van der Waals surface area contributed by atoms with E-state index in [0.29, 0.717) is 12.0 Å². The van der Waals surface area contributed by atoms with E-state index in [4.69, 9.17) is 0 Å². The predicted molar refractivity (Wildman–Crippen MR) is 66.7 cm³/mol. The molecule has 0 radical (unpaired) electrons. The van der Waals surface area contributed by atoms with Gasteiger partial charge in [0.15, 0.2) is 0 Å². The molecule has 2 heterocycles. The van der Waals surface area contributed by atoms with Crippen LogP contribution in [0.1, 0.15) is 20.8 Å². The van der Waals surface area contributed by atoms with E-state index in [1.165, 1.54) is 0 Å². The molecular formula is C12H22N4. The van der Waals surface area contributed by atoms with Crippen LogP contribution >= 0.6 is 0 Å². The second-order valence-corrected chi connectivity index (χ2v) is 5.07. The van der Waals surface area contributed by atoms with Gasteiger partial charge in [-0.25, -0.2) is 4.98 Å². The van der Waals surface area contributed by atoms with E-state index in [9.17, 15) is 0 Å². The Balaban J connectivity index is 2.10. The number of rotatable bonds is 3. The van der Waals surface area contributed by atoms with Gasteiger partial charge in [-0.05, 0) is 12.8 Å². The van der Waals surface area contributed by atoms with Crippen LogP contribution in [0.3, 0.4) is 0 Å². The van der Waals surface area contributed by atoms with Gasteiger partial charge >= 0.3 is 0 Å². The number of piperazine rings is 1. The molecule has 0 aromatic carbocycles. The Morgan fingerprint density at radius 3 is 3.06 bits per heavy atom. The molecule has 1 atom stereocenters. The number of imidazole rings is 1. The van der Waals surface area contributed by atoms with Gasteiger partial charge in [0.1, 0.15) is 0 Å². The third kappa shape index (κ3) is 2.55. The zero-order valence-corrected chi connectivity index (χ0v) is 10.5. The molecule has 90 valence electrons. The summed E-state index contributed by atoms with van der Waals surface area (Å²) in [6.45, 7) is 10.9. The fraction of sp³-hybridized carbons (Fsp3) is 0.750. The van der Waals surface area contributed by atoms with Gasteiger partial charge in [-0.15, -0.1) is 0 Å². The van der Waals surface area contributed by atoms with E-state index >= 15 is 0 Å². The van der Waals surface area contributed by atoms with Crippen molar-refractivity contribution in [3.8, 4) is 0 Å². The molecular weight excluding hydrogens is 200 g/mol. The maximum Gasteiger partial charge on any atom is 0.205 e. The molecule has 2 rings (SSSR count). The Morgan fingerprint density at radius 2 is 2.38 bits per heavy atom. The standard InChI is InChI=1S/C12H22N4/c1-10(2)8-15-7-5-14-12(15)16-6-4-13-11(3)9-16/h5,7,10-11,13H,4,6,8-9H2,1-3H3/t11-/m0/s1. The Hall–Kier alpha value is -1.03. The fourth-order valence-corrected chi connectivity index (χ4v) is 2.23. The highest BCUT2D eigenvalue weighted by Gasteiger charge is 2.19. The van der Waals surface area contributed by atoms with E-state index < -0.39 is 0 Å². The van der Waals surface area contributed by atoms with Gasteiger partial charge in [0.25, 0.3) is 0 Å². The number of hydrogen-bond acceptors (Lipinski definition) is 3. The van der Waals surface area contributed by atoms with Crippen molar-refractivity contribution in [1.29, 1.82) is 0 Å². The second kappa shape index (κ2) is 4.87. The molecule has 4 nitrogen and oxygen atoms in total. The zero-order chi connectivity index (χ0) is 11.5. The number of aromatic nitrogens is 2. The summed E-state index contributed by atoms with van der Waals surface area (Å²) in [6, 6.07) is 0.554. The summed E-state index contributed by atoms with van der Waals surface area (Å²) in [6.07, 6.45) is 3.99. The molecule has 0 amide bonds. The summed E-state index contributed by atoms with van der Waals surface area (Å²) >= 11 is 0. The van der Waals surface area contributed by atoms with Gasteiger partial charge in [-0.1, -0.05) is 13.8 Å². The lowest BCUT2D eigenvalue weighted by Crippen LogP contribution is -2.50. The molecule has 0 bridgehead atoms. The van der Waals surface area contributed by atoms with Crippen molar-refractivity contribution in [3.63, 3.8) is 0 Å². The van der Waals surface area contributed by atoms with Crippen molar-refractivity contribution in [1.82, 2.24) is 14.9 Å². The molecule has 1 fully saturated rings. The topological polar surface area (TPSA) is 33.1 Å². The Bertz CT molecular complexity index is 332. The van der Waals surface area contributed by atoms with Gasteiger partial charge in [-0.2, -0.15) is 0 Å². The van der Waals surface area contributed by atoms with Crippen LogP contribution in [0.2, 0.25) is 0 Å². The van der Waals surface area contributed by atoms with Crippen LogP contribution < -0.4 is 10.2 Å². The highest BCUT2D eigenvalue weighted by molar-refractivity contribution is 5.32. The minimum Gasteiger partial charge on any atom is -0.339 e. The first-order valence-corrected chi connectivity index (χ1v) is 6.16. The SMILES string of the molecule is CC(C)Cn1ccnc1N1CCN[C@@H](C)C1. The van der Waals surface area contributed by atoms with E-state index in [-0.39, 0.29) is 0 Å². The van der Waals surface area contributed by atoms with Crippen molar-refractivity contribution >= 4 is 5.95 Å². The number of anilines is 1. The van der Waals surface area contributed by atoms with E-state index in [1.54, 1.807) is 0 Å². The fourth-order valence-electron chi connectivity index (χ4n) is 2.23. The van der Waals surface area contributed by atoms with Crippen LogP contribution in [0, 0.1) is 5.92 Å². The van der Waals surface area contributed by atoms with Gasteiger partial charge in [-0.3, -0.25) is 0 Å². The maximum atomic E-state index is 4.49. The molecule has 1 aliphatic heterocycles. The lowest BCUT2D eigenvalue weighted by atomic mass is 10.2. The Morgan fingerprint density at radius 1 is 1.56 bits per heavy atom. The summed E-state index contributed by atoms with van der Waals surface area (Å²) in [5.74, 6) is 1.79. The van der Waals surface area contributed by atoms with Crippen molar-refractivity contribution in [2.75, 3.05) is 24.5 Å². The highest BCUT2D eigenvalue weighted by Crippen LogP contribution is 2.15. The van der Waals surface area contributed by atoms with Crippen molar-refractivity contribution in [3.05, 3.63) is 12.4 Å². The first-order valence-electron chi connectivity index (χ1n) is 6.16. The van der Waals surface area contributed by atoms with Crippen LogP contribution in [0.5, 0.6) is 0 Å². The summed E-state index contributed by atoms with van der Waals surface area (Å²) in [4.78, 5) is 6.87. The third-order valence-corrected chi connectivity index (χ3v) is 2.91. The largest absolute Gasteiger partial charge is 0.339 e. The van der Waals surface area contributed by atoms with E-state index in [2.05, 4.69) is 46.7 Å². The van der Waals surface area contributed by atoms with Gasteiger partial charge < -0.3 is 14.8 Å². The molecule has 16 heavy (non-hydrogen) atoms. The number of nitrogens with one attached hydrogen (secondary N) is 1. The highest BCUT2D eigenvalue weighted by atomic mass is 15.3. The van der Waals surface area contributed by atoms with Gasteiger partial charge in [0.2, 0.25) is 5.95 Å². The first kappa shape index (κ1) is 11.5. The molecule has 1 N–H and O–H groups in total. The van der Waals surface area contributed by atoms with E-state index in [1.807, 2.05) is 6.20 Å². The molecule has 4 heteroatoms. The van der Waals surface area contributed by atoms with Crippen LogP contribution in [-0.2, 0) is 6.54 Å². The predicted octanol–water partition coefficient (Wildman–Crippen LogP) is 1.34. The number of nitrogens with zero attached hydrogens (tertiary/aromatic N) is 3. The van der Waals surface area contributed by atoms with Crippen LogP contribution in [-0.4, -0.2) is 35.2 Å². The normalized spacial score (nSPS) is 21.8. The zero-order valence-electron chi connectivity index (χ0n) is 10.5.